The molecule has 4 rings (SSSR count). The zero-order valence-corrected chi connectivity index (χ0v) is 19.8. The summed E-state index contributed by atoms with van der Waals surface area (Å²) in [6, 6.07) is 9.60. The second-order valence-corrected chi connectivity index (χ2v) is 8.35. The summed E-state index contributed by atoms with van der Waals surface area (Å²) < 4.78 is 16.5. The average Bonchev–Trinajstić information content (AvgIpc) is 3.18. The quantitative estimate of drug-likeness (QED) is 0.366. The van der Waals surface area contributed by atoms with Crippen LogP contribution in [0.1, 0.15) is 30.6 Å². The molecule has 0 spiro atoms. The first kappa shape index (κ1) is 24.6. The van der Waals surface area contributed by atoms with E-state index in [-0.39, 0.29) is 40.7 Å². The van der Waals surface area contributed by atoms with E-state index in [1.54, 1.807) is 0 Å². The lowest BCUT2D eigenvalue weighted by Crippen LogP contribution is -2.32. The topological polar surface area (TPSA) is 120 Å². The number of allylic oxidation sites excluding steroid dienone is 1. The summed E-state index contributed by atoms with van der Waals surface area (Å²) in [7, 11) is 0. The normalized spacial score (nSPS) is 12.0. The third-order valence-electron chi connectivity index (χ3n) is 5.76. The van der Waals surface area contributed by atoms with Crippen molar-refractivity contribution in [3.63, 3.8) is 0 Å². The molecule has 0 fully saturated rings. The van der Waals surface area contributed by atoms with Crippen LogP contribution < -0.4 is 21.9 Å². The van der Waals surface area contributed by atoms with E-state index in [0.29, 0.717) is 5.69 Å². The van der Waals surface area contributed by atoms with Gasteiger partial charge in [-0.3, -0.25) is 19.0 Å². The molecule has 2 N–H and O–H groups in total. The lowest BCUT2D eigenvalue weighted by molar-refractivity contribution is -0.117. The monoisotopic (exact) mass is 492 g/mol. The predicted octanol–water partition coefficient (Wildman–Crippen LogP) is 2.30. The van der Waals surface area contributed by atoms with Gasteiger partial charge in [0.15, 0.2) is 0 Å². The number of rotatable bonds is 8. The van der Waals surface area contributed by atoms with Gasteiger partial charge >= 0.3 is 5.69 Å². The van der Waals surface area contributed by atoms with E-state index in [9.17, 15) is 23.6 Å². The minimum atomic E-state index is -0.665. The van der Waals surface area contributed by atoms with E-state index in [1.165, 1.54) is 57.5 Å². The summed E-state index contributed by atoms with van der Waals surface area (Å²) in [5, 5.41) is 9.87. The number of carbonyl (C=O) groups is 2. The van der Waals surface area contributed by atoms with Gasteiger partial charge in [-0.2, -0.15) is 0 Å². The molecule has 2 aromatic carbocycles. The van der Waals surface area contributed by atoms with Gasteiger partial charge in [0.1, 0.15) is 12.4 Å². The van der Waals surface area contributed by atoms with Gasteiger partial charge in [-0.15, -0.1) is 11.7 Å². The fourth-order valence-corrected chi connectivity index (χ4v) is 3.73. The van der Waals surface area contributed by atoms with Gasteiger partial charge in [0, 0.05) is 23.8 Å². The van der Waals surface area contributed by atoms with Gasteiger partial charge in [0.25, 0.3) is 11.5 Å². The Labute approximate surface area is 204 Å². The standard InChI is InChI=1S/C25H25FN6O4/c1-4-12-30-23(35)19-11-6-16(22(34)27-15(3)5-2)13-20(19)32-24(30)29-31(25(32)36)14-21(33)28-18-9-7-17(26)8-10-18/h4,6-11,13,15H,1,5,12,14H2,2-3H3,(H,27,34)(H,28,33)/t15-/m0/s1. The second-order valence-electron chi connectivity index (χ2n) is 8.35. The highest BCUT2D eigenvalue weighted by molar-refractivity contribution is 5.98. The molecule has 0 aliphatic carbocycles. The van der Waals surface area contributed by atoms with Gasteiger partial charge in [-0.1, -0.05) is 13.0 Å². The molecule has 0 radical (unpaired) electrons. The molecule has 0 aliphatic heterocycles. The first-order valence-electron chi connectivity index (χ1n) is 11.4. The number of carbonyl (C=O) groups excluding carboxylic acids is 2. The maximum atomic E-state index is 13.3. The van der Waals surface area contributed by atoms with Crippen LogP contribution in [0.3, 0.4) is 0 Å². The molecule has 186 valence electrons. The van der Waals surface area contributed by atoms with Crippen LogP contribution >= 0.6 is 0 Å². The molecule has 0 aliphatic rings. The minimum absolute atomic E-state index is 0.00599. The molecule has 4 aromatic rings. The maximum Gasteiger partial charge on any atom is 0.352 e. The van der Waals surface area contributed by atoms with E-state index in [2.05, 4.69) is 22.3 Å². The molecule has 0 saturated carbocycles. The summed E-state index contributed by atoms with van der Waals surface area (Å²) in [6.07, 6.45) is 2.23. The Morgan fingerprint density at radius 2 is 1.89 bits per heavy atom. The fourth-order valence-electron chi connectivity index (χ4n) is 3.73. The van der Waals surface area contributed by atoms with Gasteiger partial charge < -0.3 is 10.6 Å². The number of hydrogen-bond acceptors (Lipinski definition) is 5. The molecule has 10 nitrogen and oxygen atoms in total. The molecule has 2 heterocycles. The number of aromatic nitrogens is 4. The molecular formula is C25H25FN6O4. The van der Waals surface area contributed by atoms with Crippen molar-refractivity contribution >= 4 is 34.2 Å². The predicted molar refractivity (Wildman–Crippen MR) is 134 cm³/mol. The van der Waals surface area contributed by atoms with Crippen LogP contribution in [0, 0.1) is 5.82 Å². The minimum Gasteiger partial charge on any atom is -0.350 e. The van der Waals surface area contributed by atoms with Gasteiger partial charge in [-0.05, 0) is 55.8 Å². The average molecular weight is 493 g/mol. The van der Waals surface area contributed by atoms with Crippen LogP contribution in [-0.2, 0) is 17.9 Å². The molecule has 0 saturated heterocycles. The van der Waals surface area contributed by atoms with Crippen LogP contribution in [0.25, 0.3) is 16.7 Å². The second kappa shape index (κ2) is 9.98. The number of benzene rings is 2. The van der Waals surface area contributed by atoms with Crippen molar-refractivity contribution in [1.29, 1.82) is 0 Å². The third-order valence-corrected chi connectivity index (χ3v) is 5.76. The van der Waals surface area contributed by atoms with Crippen molar-refractivity contribution in [3.05, 3.63) is 87.3 Å². The van der Waals surface area contributed by atoms with Gasteiger partial charge in [0.05, 0.1) is 10.9 Å². The molecule has 2 aromatic heterocycles. The Hall–Kier alpha value is -4.54. The number of fused-ring (bicyclic) bond motifs is 3. The number of nitrogens with one attached hydrogen (secondary N) is 2. The highest BCUT2D eigenvalue weighted by Crippen LogP contribution is 2.15. The summed E-state index contributed by atoms with van der Waals surface area (Å²) >= 11 is 0. The van der Waals surface area contributed by atoms with Crippen molar-refractivity contribution in [3.8, 4) is 0 Å². The van der Waals surface area contributed by atoms with Crippen LogP contribution in [0.2, 0.25) is 0 Å². The molecule has 36 heavy (non-hydrogen) atoms. The lowest BCUT2D eigenvalue weighted by atomic mass is 10.1. The number of hydrogen-bond donors (Lipinski definition) is 2. The van der Waals surface area contributed by atoms with Crippen molar-refractivity contribution in [1.82, 2.24) is 24.1 Å². The molecular weight excluding hydrogens is 467 g/mol. The summed E-state index contributed by atoms with van der Waals surface area (Å²) in [4.78, 5) is 51.8. The highest BCUT2D eigenvalue weighted by atomic mass is 19.1. The van der Waals surface area contributed by atoms with Crippen molar-refractivity contribution in [2.45, 2.75) is 39.4 Å². The summed E-state index contributed by atoms with van der Waals surface area (Å²) in [5.41, 5.74) is -0.258. The molecule has 1 atom stereocenters. The number of nitrogens with zero attached hydrogens (tertiary/aromatic N) is 4. The molecule has 0 unspecified atom stereocenters. The smallest absolute Gasteiger partial charge is 0.350 e. The maximum absolute atomic E-state index is 13.3. The number of amides is 2. The summed E-state index contributed by atoms with van der Waals surface area (Å²) in [5.74, 6) is -1.35. The zero-order chi connectivity index (χ0) is 26.0. The number of halogens is 1. The zero-order valence-electron chi connectivity index (χ0n) is 19.8. The molecule has 0 bridgehead atoms. The summed E-state index contributed by atoms with van der Waals surface area (Å²) in [6.45, 7) is 7.10. The van der Waals surface area contributed by atoms with Crippen LogP contribution in [0.4, 0.5) is 10.1 Å². The van der Waals surface area contributed by atoms with Crippen molar-refractivity contribution < 1.29 is 14.0 Å². The van der Waals surface area contributed by atoms with E-state index < -0.39 is 29.5 Å². The van der Waals surface area contributed by atoms with Crippen LogP contribution in [-0.4, -0.2) is 36.6 Å². The van der Waals surface area contributed by atoms with E-state index in [0.717, 1.165) is 11.1 Å². The van der Waals surface area contributed by atoms with E-state index >= 15 is 0 Å². The van der Waals surface area contributed by atoms with Gasteiger partial charge in [-0.25, -0.2) is 18.3 Å². The Morgan fingerprint density at radius 1 is 1.17 bits per heavy atom. The largest absolute Gasteiger partial charge is 0.352 e. The van der Waals surface area contributed by atoms with Crippen LogP contribution in [0.15, 0.2) is 64.7 Å². The fraction of sp³-hybridized carbons (Fsp3) is 0.240. The Bertz CT molecular complexity index is 1600. The Kier molecular flexibility index (Phi) is 6.82. The Morgan fingerprint density at radius 3 is 2.56 bits per heavy atom. The molecule has 2 amide bonds. The van der Waals surface area contributed by atoms with E-state index in [4.69, 9.17) is 0 Å². The molecule has 11 heteroatoms. The van der Waals surface area contributed by atoms with E-state index in [1.807, 2.05) is 13.8 Å². The Balaban J connectivity index is 1.82. The highest BCUT2D eigenvalue weighted by Gasteiger charge is 2.20. The first-order chi connectivity index (χ1) is 17.2. The lowest BCUT2D eigenvalue weighted by Gasteiger charge is -2.12. The van der Waals surface area contributed by atoms with Crippen LogP contribution in [0.5, 0.6) is 0 Å². The first-order valence-corrected chi connectivity index (χ1v) is 11.4. The third kappa shape index (κ3) is 4.67. The van der Waals surface area contributed by atoms with Crippen molar-refractivity contribution in [2.24, 2.45) is 0 Å². The van der Waals surface area contributed by atoms with Crippen molar-refractivity contribution in [2.75, 3.05) is 5.32 Å². The number of anilines is 1. The van der Waals surface area contributed by atoms with Gasteiger partial charge in [0.2, 0.25) is 11.7 Å². The SMILES string of the molecule is C=CCn1c(=O)c2ccc(C(=O)N[C@@H](C)CC)cc2n2c(=O)n(CC(=O)Nc3ccc(F)cc3)nc12.